The van der Waals surface area contributed by atoms with Gasteiger partial charge in [0.15, 0.2) is 0 Å². The van der Waals surface area contributed by atoms with E-state index in [1.54, 1.807) is 12.1 Å². The van der Waals surface area contributed by atoms with E-state index in [0.29, 0.717) is 35.4 Å². The van der Waals surface area contributed by atoms with Gasteiger partial charge in [0, 0.05) is 12.1 Å². The normalized spacial score (nSPS) is 11.4. The summed E-state index contributed by atoms with van der Waals surface area (Å²) in [6.07, 6.45) is 0. The van der Waals surface area contributed by atoms with Crippen LogP contribution in [0, 0.1) is 17.5 Å². The number of benzene rings is 3. The predicted octanol–water partition coefficient (Wildman–Crippen LogP) is 9.95. The van der Waals surface area contributed by atoms with E-state index in [1.807, 2.05) is 19.9 Å². The lowest BCUT2D eigenvalue weighted by Crippen LogP contribution is -2.00. The molecule has 0 atom stereocenters. The van der Waals surface area contributed by atoms with Gasteiger partial charge in [-0.2, -0.15) is 0 Å². The van der Waals surface area contributed by atoms with Crippen LogP contribution < -0.4 is 0 Å². The first-order chi connectivity index (χ1) is 15.4. The van der Waals surface area contributed by atoms with Gasteiger partial charge in [0.05, 0.1) is 5.56 Å². The van der Waals surface area contributed by atoms with Crippen molar-refractivity contribution < 1.29 is 13.2 Å². The number of halogens is 3. The van der Waals surface area contributed by atoms with E-state index in [4.69, 9.17) is 0 Å². The van der Waals surface area contributed by atoms with Gasteiger partial charge in [-0.05, 0) is 51.5 Å². The molecule has 0 bridgehead atoms. The Morgan fingerprint density at radius 2 is 0.879 bits per heavy atom. The first kappa shape index (κ1) is 26.7. The van der Waals surface area contributed by atoms with Crippen LogP contribution >= 0.6 is 0 Å². The molecule has 0 saturated carbocycles. The Balaban J connectivity index is 0.000000273. The molecule has 0 fully saturated rings. The molecule has 3 aromatic carbocycles. The molecule has 0 radical (unpaired) electrons. The minimum atomic E-state index is -0.906. The second-order valence-electron chi connectivity index (χ2n) is 9.84. The van der Waals surface area contributed by atoms with Crippen molar-refractivity contribution in [1.29, 1.82) is 0 Å². The zero-order chi connectivity index (χ0) is 24.9. The molecule has 0 aliphatic heterocycles. The van der Waals surface area contributed by atoms with Gasteiger partial charge in [-0.15, -0.1) is 0 Å². The van der Waals surface area contributed by atoms with E-state index < -0.39 is 17.5 Å². The lowest BCUT2D eigenvalue weighted by atomic mass is 9.88. The van der Waals surface area contributed by atoms with E-state index in [-0.39, 0.29) is 11.5 Å². The van der Waals surface area contributed by atoms with Crippen molar-refractivity contribution in [3.63, 3.8) is 0 Å². The molecule has 0 unspecified atom stereocenters. The summed E-state index contributed by atoms with van der Waals surface area (Å²) in [7, 11) is 0. The Bertz CT molecular complexity index is 1010. The van der Waals surface area contributed by atoms with E-state index >= 15 is 0 Å². The Hall–Kier alpha value is -2.55. The topological polar surface area (TPSA) is 0 Å². The van der Waals surface area contributed by atoms with E-state index in [0.717, 1.165) is 11.1 Å². The van der Waals surface area contributed by atoms with E-state index in [1.165, 1.54) is 11.1 Å². The molecule has 0 nitrogen and oxygen atoms in total. The fraction of sp³-hybridized carbons (Fsp3) is 0.400. The highest BCUT2D eigenvalue weighted by Crippen LogP contribution is 2.33. The van der Waals surface area contributed by atoms with Crippen LogP contribution in [0.15, 0.2) is 54.6 Å². The summed E-state index contributed by atoms with van der Waals surface area (Å²) < 4.78 is 40.8. The summed E-state index contributed by atoms with van der Waals surface area (Å²) in [5, 5.41) is 0. The first-order valence-corrected chi connectivity index (χ1v) is 11.8. The number of rotatable bonds is 5. The minimum absolute atomic E-state index is 0.173. The molecule has 0 aliphatic rings. The average molecular weight is 455 g/mol. The smallest absolute Gasteiger partial charge is 0.136 e. The molecule has 0 N–H and O–H groups in total. The van der Waals surface area contributed by atoms with Gasteiger partial charge in [0.25, 0.3) is 0 Å². The molecular weight excluding hydrogens is 417 g/mol. The van der Waals surface area contributed by atoms with Gasteiger partial charge in [-0.25, -0.2) is 13.2 Å². The maximum Gasteiger partial charge on any atom is 0.136 e. The van der Waals surface area contributed by atoms with Gasteiger partial charge >= 0.3 is 0 Å². The van der Waals surface area contributed by atoms with Crippen LogP contribution in [0.3, 0.4) is 0 Å². The van der Waals surface area contributed by atoms with Crippen LogP contribution in [0.5, 0.6) is 0 Å². The highest BCUT2D eigenvalue weighted by Gasteiger charge is 2.17. The molecule has 0 heterocycles. The SMILES string of the molecule is CC(C)c1ccc(-c2c(F)cc(F)cc2F)cc1C(C)C.CC(C)c1ccccc1C(C)C. The number of hydrogen-bond donors (Lipinski definition) is 0. The average Bonchev–Trinajstić information content (AvgIpc) is 2.73. The molecule has 3 rings (SSSR count). The molecule has 3 aromatic rings. The molecule has 0 aliphatic carbocycles. The lowest BCUT2D eigenvalue weighted by Gasteiger charge is -2.18. The fourth-order valence-corrected chi connectivity index (χ4v) is 4.14. The standard InChI is InChI=1S/C18H19F3.C12H18/c1-10(2)14-6-5-12(7-15(14)11(3)4)18-16(20)8-13(19)9-17(18)21;1-9(2)11-7-5-6-8-12(11)10(3)4/h5-11H,1-4H3;5-10H,1-4H3. The molecule has 178 valence electrons. The molecule has 0 amide bonds. The highest BCUT2D eigenvalue weighted by atomic mass is 19.1. The van der Waals surface area contributed by atoms with Crippen molar-refractivity contribution in [3.05, 3.63) is 94.3 Å². The maximum atomic E-state index is 13.9. The second kappa shape index (κ2) is 11.5. The Kier molecular flexibility index (Phi) is 9.34. The van der Waals surface area contributed by atoms with Crippen molar-refractivity contribution >= 4 is 0 Å². The van der Waals surface area contributed by atoms with Crippen LogP contribution in [-0.2, 0) is 0 Å². The third-order valence-electron chi connectivity index (χ3n) is 5.87. The molecule has 0 saturated heterocycles. The quantitative estimate of drug-likeness (QED) is 0.360. The third-order valence-corrected chi connectivity index (χ3v) is 5.87. The summed E-state index contributed by atoms with van der Waals surface area (Å²) in [6, 6.07) is 15.5. The van der Waals surface area contributed by atoms with Crippen LogP contribution in [0.4, 0.5) is 13.2 Å². The third kappa shape index (κ3) is 6.72. The van der Waals surface area contributed by atoms with Gasteiger partial charge in [-0.3, -0.25) is 0 Å². The summed E-state index contributed by atoms with van der Waals surface area (Å²) in [6.45, 7) is 17.3. The summed E-state index contributed by atoms with van der Waals surface area (Å²) in [5.74, 6) is -0.795. The van der Waals surface area contributed by atoms with Gasteiger partial charge < -0.3 is 0 Å². The van der Waals surface area contributed by atoms with Gasteiger partial charge in [-0.1, -0.05) is 97.9 Å². The fourth-order valence-electron chi connectivity index (χ4n) is 4.14. The van der Waals surface area contributed by atoms with Crippen LogP contribution in [0.25, 0.3) is 11.1 Å². The zero-order valence-electron chi connectivity index (χ0n) is 21.1. The molecule has 3 heteroatoms. The minimum Gasteiger partial charge on any atom is -0.207 e. The van der Waals surface area contributed by atoms with Crippen molar-refractivity contribution in [1.82, 2.24) is 0 Å². The van der Waals surface area contributed by atoms with Crippen molar-refractivity contribution in [2.24, 2.45) is 0 Å². The Morgan fingerprint density at radius 3 is 1.27 bits per heavy atom. The Labute approximate surface area is 197 Å². The molecular formula is C30H37F3. The van der Waals surface area contributed by atoms with E-state index in [2.05, 4.69) is 65.8 Å². The van der Waals surface area contributed by atoms with Crippen molar-refractivity contribution in [2.75, 3.05) is 0 Å². The van der Waals surface area contributed by atoms with Crippen LogP contribution in [-0.4, -0.2) is 0 Å². The van der Waals surface area contributed by atoms with Crippen molar-refractivity contribution in [3.8, 4) is 11.1 Å². The summed E-state index contributed by atoms with van der Waals surface area (Å²) in [5.41, 5.74) is 5.48. The predicted molar refractivity (Wildman–Crippen MR) is 135 cm³/mol. The number of hydrogen-bond acceptors (Lipinski definition) is 0. The molecule has 0 spiro atoms. The van der Waals surface area contributed by atoms with Crippen LogP contribution in [0.1, 0.15) is 101 Å². The Morgan fingerprint density at radius 1 is 0.485 bits per heavy atom. The molecule has 33 heavy (non-hydrogen) atoms. The highest BCUT2D eigenvalue weighted by molar-refractivity contribution is 5.67. The summed E-state index contributed by atoms with van der Waals surface area (Å²) in [4.78, 5) is 0. The van der Waals surface area contributed by atoms with E-state index in [9.17, 15) is 13.2 Å². The zero-order valence-corrected chi connectivity index (χ0v) is 21.1. The monoisotopic (exact) mass is 454 g/mol. The first-order valence-electron chi connectivity index (χ1n) is 11.8. The second-order valence-corrected chi connectivity index (χ2v) is 9.84. The summed E-state index contributed by atoms with van der Waals surface area (Å²) >= 11 is 0. The maximum absolute atomic E-state index is 13.9. The van der Waals surface area contributed by atoms with Crippen molar-refractivity contribution in [2.45, 2.75) is 79.1 Å². The molecule has 0 aromatic heterocycles. The van der Waals surface area contributed by atoms with Gasteiger partial charge in [0.1, 0.15) is 17.5 Å². The largest absolute Gasteiger partial charge is 0.207 e. The lowest BCUT2D eigenvalue weighted by molar-refractivity contribution is 0.548. The van der Waals surface area contributed by atoms with Gasteiger partial charge in [0.2, 0.25) is 0 Å². The van der Waals surface area contributed by atoms with Crippen LogP contribution in [0.2, 0.25) is 0 Å².